The van der Waals surface area contributed by atoms with Gasteiger partial charge in [0.1, 0.15) is 5.69 Å². The van der Waals surface area contributed by atoms with Crippen molar-refractivity contribution in [2.24, 2.45) is 0 Å². The van der Waals surface area contributed by atoms with Crippen molar-refractivity contribution < 1.29 is 18.0 Å². The third-order valence-corrected chi connectivity index (χ3v) is 2.54. The highest BCUT2D eigenvalue weighted by Gasteiger charge is 2.33. The molecule has 0 unspecified atom stereocenters. The highest BCUT2D eigenvalue weighted by Crippen LogP contribution is 2.27. The van der Waals surface area contributed by atoms with Crippen LogP contribution in [0.5, 0.6) is 0 Å². The van der Waals surface area contributed by atoms with Gasteiger partial charge in [-0.25, -0.2) is 0 Å². The lowest BCUT2D eigenvalue weighted by molar-refractivity contribution is -0.141. The number of alkyl halides is 3. The Bertz CT molecular complexity index is 606. The summed E-state index contributed by atoms with van der Waals surface area (Å²) in [7, 11) is 0. The van der Waals surface area contributed by atoms with Crippen LogP contribution < -0.4 is 5.32 Å². The van der Waals surface area contributed by atoms with E-state index in [2.05, 4.69) is 15.5 Å². The number of aromatic nitrogens is 4. The zero-order valence-corrected chi connectivity index (χ0v) is 10.7. The largest absolute Gasteiger partial charge is 0.432 e. The van der Waals surface area contributed by atoms with Crippen LogP contribution in [0.25, 0.3) is 0 Å². The van der Waals surface area contributed by atoms with E-state index in [1.807, 2.05) is 0 Å². The second kappa shape index (κ2) is 5.53. The van der Waals surface area contributed by atoms with Crippen LogP contribution >= 0.6 is 11.6 Å². The summed E-state index contributed by atoms with van der Waals surface area (Å²) >= 11 is 5.65. The van der Waals surface area contributed by atoms with Gasteiger partial charge in [0.15, 0.2) is 5.69 Å². The van der Waals surface area contributed by atoms with E-state index in [9.17, 15) is 18.0 Å². The Kier molecular flexibility index (Phi) is 3.98. The molecule has 2 aromatic heterocycles. The zero-order valence-electron chi connectivity index (χ0n) is 9.91. The van der Waals surface area contributed by atoms with Crippen molar-refractivity contribution in [3.63, 3.8) is 0 Å². The maximum absolute atomic E-state index is 12.3. The molecule has 20 heavy (non-hydrogen) atoms. The number of H-pyrrole nitrogens is 1. The van der Waals surface area contributed by atoms with Crippen molar-refractivity contribution in [1.82, 2.24) is 25.3 Å². The fourth-order valence-corrected chi connectivity index (χ4v) is 1.57. The summed E-state index contributed by atoms with van der Waals surface area (Å²) in [5.41, 5.74) is -1.39. The van der Waals surface area contributed by atoms with Gasteiger partial charge in [-0.1, -0.05) is 11.6 Å². The van der Waals surface area contributed by atoms with Gasteiger partial charge in [-0.2, -0.15) is 23.4 Å². The molecule has 2 rings (SSSR count). The minimum absolute atomic E-state index is 0.186. The number of carbonyl (C=O) groups is 1. The predicted molar refractivity (Wildman–Crippen MR) is 63.2 cm³/mol. The van der Waals surface area contributed by atoms with E-state index >= 15 is 0 Å². The molecule has 2 aromatic rings. The van der Waals surface area contributed by atoms with Gasteiger partial charge in [0, 0.05) is 18.8 Å². The summed E-state index contributed by atoms with van der Waals surface area (Å²) in [6.07, 6.45) is -1.56. The molecule has 0 aromatic carbocycles. The summed E-state index contributed by atoms with van der Waals surface area (Å²) in [6.45, 7) is 0.528. The molecule has 1 amide bonds. The molecule has 10 heteroatoms. The average molecular weight is 308 g/mol. The predicted octanol–water partition coefficient (Wildman–Crippen LogP) is 1.71. The molecule has 6 nitrogen and oxygen atoms in total. The van der Waals surface area contributed by atoms with Crippen LogP contribution in [-0.4, -0.2) is 32.4 Å². The van der Waals surface area contributed by atoms with Crippen molar-refractivity contribution in [2.45, 2.75) is 12.7 Å². The monoisotopic (exact) mass is 307 g/mol. The lowest BCUT2D eigenvalue weighted by atomic mass is 10.3. The Morgan fingerprint density at radius 2 is 2.25 bits per heavy atom. The van der Waals surface area contributed by atoms with Crippen LogP contribution in [0.1, 0.15) is 16.2 Å². The molecule has 2 heterocycles. The van der Waals surface area contributed by atoms with E-state index in [4.69, 9.17) is 11.6 Å². The Balaban J connectivity index is 1.87. The number of nitrogens with one attached hydrogen (secondary N) is 2. The van der Waals surface area contributed by atoms with Crippen molar-refractivity contribution in [3.8, 4) is 0 Å². The number of halogens is 4. The summed E-state index contributed by atoms with van der Waals surface area (Å²) in [5, 5.41) is 11.8. The molecule has 0 aliphatic rings. The molecule has 0 aliphatic carbocycles. The van der Waals surface area contributed by atoms with Gasteiger partial charge in [0.2, 0.25) is 0 Å². The fraction of sp³-hybridized carbons (Fsp3) is 0.300. The van der Waals surface area contributed by atoms with Gasteiger partial charge in [-0.3, -0.25) is 14.6 Å². The first-order chi connectivity index (χ1) is 9.36. The van der Waals surface area contributed by atoms with Gasteiger partial charge in [0.25, 0.3) is 5.91 Å². The second-order valence-electron chi connectivity index (χ2n) is 3.84. The maximum atomic E-state index is 12.3. The van der Waals surface area contributed by atoms with Gasteiger partial charge in [0.05, 0.1) is 17.8 Å². The fourth-order valence-electron chi connectivity index (χ4n) is 1.42. The Hall–Kier alpha value is -2.03. The first-order valence-corrected chi connectivity index (χ1v) is 5.83. The number of carbonyl (C=O) groups excluding carboxylic acids is 1. The molecule has 0 aliphatic heterocycles. The maximum Gasteiger partial charge on any atom is 0.432 e. The highest BCUT2D eigenvalue weighted by molar-refractivity contribution is 6.30. The minimum atomic E-state index is -4.56. The van der Waals surface area contributed by atoms with Crippen LogP contribution in [0.3, 0.4) is 0 Å². The van der Waals surface area contributed by atoms with Crippen LogP contribution in [0.15, 0.2) is 18.5 Å². The first kappa shape index (κ1) is 14.4. The van der Waals surface area contributed by atoms with Crippen molar-refractivity contribution in [1.29, 1.82) is 0 Å². The normalized spacial score (nSPS) is 11.6. The van der Waals surface area contributed by atoms with Crippen LogP contribution in [0.2, 0.25) is 5.02 Å². The van der Waals surface area contributed by atoms with Gasteiger partial charge < -0.3 is 5.32 Å². The minimum Gasteiger partial charge on any atom is -0.349 e. The topological polar surface area (TPSA) is 75.6 Å². The summed E-state index contributed by atoms with van der Waals surface area (Å²) < 4.78 is 38.4. The molecule has 2 N–H and O–H groups in total. The quantitative estimate of drug-likeness (QED) is 0.903. The zero-order chi connectivity index (χ0) is 14.8. The van der Waals surface area contributed by atoms with E-state index in [0.717, 1.165) is 0 Å². The molecule has 0 spiro atoms. The molecule has 0 saturated carbocycles. The highest BCUT2D eigenvalue weighted by atomic mass is 35.5. The molecule has 0 fully saturated rings. The molecule has 0 saturated heterocycles. The summed E-state index contributed by atoms with van der Waals surface area (Å²) in [5.74, 6) is -0.699. The number of nitrogens with zero attached hydrogens (tertiary/aromatic N) is 3. The lowest BCUT2D eigenvalue weighted by Crippen LogP contribution is -2.27. The number of rotatable bonds is 4. The van der Waals surface area contributed by atoms with E-state index in [1.165, 1.54) is 10.9 Å². The van der Waals surface area contributed by atoms with Crippen molar-refractivity contribution >= 4 is 17.5 Å². The molecular weight excluding hydrogens is 299 g/mol. The third-order valence-electron chi connectivity index (χ3n) is 2.34. The van der Waals surface area contributed by atoms with Crippen molar-refractivity contribution in [2.75, 3.05) is 6.54 Å². The van der Waals surface area contributed by atoms with Crippen LogP contribution in [-0.2, 0) is 12.7 Å². The standard InChI is InChI=1S/C10H9ClF3N5O/c11-6-4-16-19(5-6)2-1-15-9(20)7-3-8(18-17-7)10(12,13)14/h3-5H,1-2H2,(H,15,20)(H,17,18). The third kappa shape index (κ3) is 3.50. The van der Waals surface area contributed by atoms with Crippen LogP contribution in [0.4, 0.5) is 13.2 Å². The van der Waals surface area contributed by atoms with Crippen LogP contribution in [0, 0.1) is 0 Å². The van der Waals surface area contributed by atoms with Gasteiger partial charge in [-0.05, 0) is 0 Å². The lowest BCUT2D eigenvalue weighted by Gasteiger charge is -2.03. The number of hydrogen-bond acceptors (Lipinski definition) is 3. The van der Waals surface area contributed by atoms with Gasteiger partial charge >= 0.3 is 6.18 Å². The Morgan fingerprint density at radius 1 is 1.50 bits per heavy atom. The Labute approximate surface area is 115 Å². The number of amides is 1. The Morgan fingerprint density at radius 3 is 2.80 bits per heavy atom. The molecule has 0 bridgehead atoms. The molecular formula is C10H9ClF3N5O. The summed E-state index contributed by atoms with van der Waals surface area (Å²) in [6, 6.07) is 0.653. The van der Waals surface area contributed by atoms with Crippen molar-refractivity contribution in [3.05, 3.63) is 34.9 Å². The van der Waals surface area contributed by atoms with E-state index in [1.54, 1.807) is 11.3 Å². The molecule has 108 valence electrons. The van der Waals surface area contributed by atoms with E-state index in [0.29, 0.717) is 17.6 Å². The molecule has 0 radical (unpaired) electrons. The average Bonchev–Trinajstić information content (AvgIpc) is 2.97. The van der Waals surface area contributed by atoms with Gasteiger partial charge in [-0.15, -0.1) is 0 Å². The second-order valence-corrected chi connectivity index (χ2v) is 4.28. The first-order valence-electron chi connectivity index (χ1n) is 5.45. The summed E-state index contributed by atoms with van der Waals surface area (Å²) in [4.78, 5) is 11.6. The number of hydrogen-bond donors (Lipinski definition) is 2. The van der Waals surface area contributed by atoms with E-state index in [-0.39, 0.29) is 12.2 Å². The number of aromatic amines is 1. The van der Waals surface area contributed by atoms with E-state index < -0.39 is 17.8 Å². The smallest absolute Gasteiger partial charge is 0.349 e. The molecule has 0 atom stereocenters. The SMILES string of the molecule is O=C(NCCn1cc(Cl)cn1)c1cc(C(F)(F)F)[nH]n1.